The van der Waals surface area contributed by atoms with Crippen molar-refractivity contribution < 1.29 is 9.53 Å². The first-order valence-corrected chi connectivity index (χ1v) is 9.32. The Bertz CT molecular complexity index is 1150. The van der Waals surface area contributed by atoms with Crippen molar-refractivity contribution in [1.29, 1.82) is 0 Å². The number of halogens is 1. The van der Waals surface area contributed by atoms with E-state index in [9.17, 15) is 4.79 Å². The van der Waals surface area contributed by atoms with Crippen molar-refractivity contribution in [3.8, 4) is 11.6 Å². The number of carbonyl (C=O) groups is 1. The molecular weight excluding hydrogens is 390 g/mol. The first-order valence-electron chi connectivity index (χ1n) is 8.94. The van der Waals surface area contributed by atoms with Crippen molar-refractivity contribution in [2.24, 2.45) is 7.05 Å². The fraction of sp³-hybridized carbons (Fsp3) is 0.143. The van der Waals surface area contributed by atoms with E-state index in [4.69, 9.17) is 16.3 Å². The van der Waals surface area contributed by atoms with Gasteiger partial charge in [-0.1, -0.05) is 41.9 Å². The van der Waals surface area contributed by atoms with Crippen LogP contribution in [0, 0.1) is 6.92 Å². The quantitative estimate of drug-likeness (QED) is 0.455. The molecule has 0 atom stereocenters. The Morgan fingerprint density at radius 3 is 2.66 bits per heavy atom. The van der Waals surface area contributed by atoms with Gasteiger partial charge in [0.2, 0.25) is 11.7 Å². The third kappa shape index (κ3) is 3.77. The predicted molar refractivity (Wildman–Crippen MR) is 109 cm³/mol. The van der Waals surface area contributed by atoms with E-state index in [0.29, 0.717) is 40.0 Å². The van der Waals surface area contributed by atoms with E-state index in [-0.39, 0.29) is 5.78 Å². The number of rotatable bonds is 6. The average molecular weight is 408 g/mol. The number of aryl methyl sites for hydroxylation is 2. The number of hydrogen-bond donors (Lipinski definition) is 0. The van der Waals surface area contributed by atoms with E-state index in [0.717, 1.165) is 5.56 Å². The summed E-state index contributed by atoms with van der Waals surface area (Å²) in [4.78, 5) is 17.2. The van der Waals surface area contributed by atoms with Crippen molar-refractivity contribution in [3.05, 3.63) is 88.6 Å². The van der Waals surface area contributed by atoms with Gasteiger partial charge in [0.25, 0.3) is 0 Å². The summed E-state index contributed by atoms with van der Waals surface area (Å²) >= 11 is 6.43. The maximum Gasteiger partial charge on any atom is 0.223 e. The van der Waals surface area contributed by atoms with Gasteiger partial charge in [0.1, 0.15) is 24.8 Å². The second-order valence-corrected chi connectivity index (χ2v) is 6.90. The standard InChI is InChI=1S/C21H18ClN5O2/c1-14-19(21(26(2)25-14)29-11-15-6-4-3-5-7-15)20(28)17-9-8-16(10-18(17)22)27-13-23-12-24-27/h3-10,12-13H,11H2,1-2H3. The predicted octanol–water partition coefficient (Wildman–Crippen LogP) is 3.77. The molecular formula is C21H18ClN5O2. The Labute approximate surface area is 172 Å². The van der Waals surface area contributed by atoms with Gasteiger partial charge in [-0.05, 0) is 30.7 Å². The molecule has 2 aromatic heterocycles. The Hall–Kier alpha value is -3.45. The smallest absolute Gasteiger partial charge is 0.223 e. The van der Waals surface area contributed by atoms with Crippen molar-refractivity contribution in [2.75, 3.05) is 0 Å². The maximum absolute atomic E-state index is 13.3. The zero-order chi connectivity index (χ0) is 20.4. The fourth-order valence-corrected chi connectivity index (χ4v) is 3.36. The molecule has 0 radical (unpaired) electrons. The second kappa shape index (κ2) is 7.89. The summed E-state index contributed by atoms with van der Waals surface area (Å²) < 4.78 is 9.10. The minimum Gasteiger partial charge on any atom is -0.472 e. The van der Waals surface area contributed by atoms with Crippen LogP contribution in [0.3, 0.4) is 0 Å². The number of nitrogens with zero attached hydrogens (tertiary/aromatic N) is 5. The highest BCUT2D eigenvalue weighted by Crippen LogP contribution is 2.29. The van der Waals surface area contributed by atoms with Crippen LogP contribution in [0.5, 0.6) is 5.88 Å². The van der Waals surface area contributed by atoms with E-state index in [2.05, 4.69) is 15.2 Å². The number of hydrogen-bond acceptors (Lipinski definition) is 5. The zero-order valence-corrected chi connectivity index (χ0v) is 16.7. The van der Waals surface area contributed by atoms with Crippen LogP contribution in [0.4, 0.5) is 0 Å². The SMILES string of the molecule is Cc1nn(C)c(OCc2ccccc2)c1C(=O)c1ccc(-n2cncn2)cc1Cl. The van der Waals surface area contributed by atoms with Gasteiger partial charge in [0.15, 0.2) is 0 Å². The minimum atomic E-state index is -0.242. The summed E-state index contributed by atoms with van der Waals surface area (Å²) in [6.45, 7) is 2.11. The molecule has 0 aliphatic heterocycles. The Morgan fingerprint density at radius 2 is 1.97 bits per heavy atom. The fourth-order valence-electron chi connectivity index (χ4n) is 3.10. The summed E-state index contributed by atoms with van der Waals surface area (Å²) in [5, 5.41) is 8.76. The Morgan fingerprint density at radius 1 is 1.17 bits per heavy atom. The van der Waals surface area contributed by atoms with Gasteiger partial charge in [-0.25, -0.2) is 14.3 Å². The van der Waals surface area contributed by atoms with Gasteiger partial charge in [-0.15, -0.1) is 0 Å². The molecule has 8 heteroatoms. The van der Waals surface area contributed by atoms with Crippen LogP contribution >= 0.6 is 11.6 Å². The molecule has 0 amide bonds. The molecule has 0 N–H and O–H groups in total. The van der Waals surface area contributed by atoms with E-state index in [1.807, 2.05) is 30.3 Å². The normalized spacial score (nSPS) is 10.9. The van der Waals surface area contributed by atoms with Crippen LogP contribution in [-0.4, -0.2) is 30.3 Å². The maximum atomic E-state index is 13.3. The highest BCUT2D eigenvalue weighted by molar-refractivity contribution is 6.35. The van der Waals surface area contributed by atoms with E-state index in [1.165, 1.54) is 6.33 Å². The number of benzene rings is 2. The number of ketones is 1. The summed E-state index contributed by atoms with van der Waals surface area (Å²) in [5.74, 6) is 0.168. The van der Waals surface area contributed by atoms with Crippen LogP contribution in [0.15, 0.2) is 61.2 Å². The first kappa shape index (κ1) is 18.9. The topological polar surface area (TPSA) is 74.8 Å². The van der Waals surface area contributed by atoms with Crippen LogP contribution in [0.1, 0.15) is 27.2 Å². The average Bonchev–Trinajstić information content (AvgIpc) is 3.34. The number of aromatic nitrogens is 5. The minimum absolute atomic E-state index is 0.242. The van der Waals surface area contributed by atoms with Crippen LogP contribution in [0.25, 0.3) is 5.69 Å². The molecule has 0 bridgehead atoms. The molecule has 0 aliphatic rings. The van der Waals surface area contributed by atoms with Gasteiger partial charge in [-0.2, -0.15) is 10.2 Å². The van der Waals surface area contributed by atoms with Gasteiger partial charge in [-0.3, -0.25) is 4.79 Å². The van der Waals surface area contributed by atoms with Crippen LogP contribution in [-0.2, 0) is 13.7 Å². The van der Waals surface area contributed by atoms with Gasteiger partial charge in [0, 0.05) is 12.6 Å². The molecule has 4 aromatic rings. The molecule has 0 saturated heterocycles. The third-order valence-corrected chi connectivity index (χ3v) is 4.81. The molecule has 2 aromatic carbocycles. The third-order valence-electron chi connectivity index (χ3n) is 4.50. The lowest BCUT2D eigenvalue weighted by Gasteiger charge is -2.10. The highest BCUT2D eigenvalue weighted by Gasteiger charge is 2.25. The summed E-state index contributed by atoms with van der Waals surface area (Å²) in [5.41, 5.74) is 3.07. The van der Waals surface area contributed by atoms with E-state index in [1.54, 1.807) is 47.9 Å². The largest absolute Gasteiger partial charge is 0.472 e. The van der Waals surface area contributed by atoms with E-state index < -0.39 is 0 Å². The zero-order valence-electron chi connectivity index (χ0n) is 15.9. The summed E-state index contributed by atoms with van der Waals surface area (Å²) in [6, 6.07) is 14.9. The number of carbonyl (C=O) groups excluding carboxylic acids is 1. The van der Waals surface area contributed by atoms with Crippen LogP contribution < -0.4 is 4.74 Å². The van der Waals surface area contributed by atoms with Gasteiger partial charge in [0.05, 0.1) is 16.4 Å². The molecule has 29 heavy (non-hydrogen) atoms. The molecule has 0 aliphatic carbocycles. The van der Waals surface area contributed by atoms with Crippen molar-refractivity contribution in [2.45, 2.75) is 13.5 Å². The molecule has 0 saturated carbocycles. The Kier molecular flexibility index (Phi) is 5.14. The lowest BCUT2D eigenvalue weighted by atomic mass is 10.0. The lowest BCUT2D eigenvalue weighted by molar-refractivity contribution is 0.103. The van der Waals surface area contributed by atoms with Crippen molar-refractivity contribution >= 4 is 17.4 Å². The van der Waals surface area contributed by atoms with Gasteiger partial charge >= 0.3 is 0 Å². The van der Waals surface area contributed by atoms with E-state index >= 15 is 0 Å². The molecule has 2 heterocycles. The summed E-state index contributed by atoms with van der Waals surface area (Å²) in [7, 11) is 1.75. The Balaban J connectivity index is 1.65. The summed E-state index contributed by atoms with van der Waals surface area (Å²) in [6.07, 6.45) is 3.00. The van der Waals surface area contributed by atoms with Crippen molar-refractivity contribution in [3.63, 3.8) is 0 Å². The molecule has 146 valence electrons. The molecule has 4 rings (SSSR count). The molecule has 0 unspecified atom stereocenters. The van der Waals surface area contributed by atoms with Gasteiger partial charge < -0.3 is 4.74 Å². The second-order valence-electron chi connectivity index (χ2n) is 6.50. The lowest BCUT2D eigenvalue weighted by Crippen LogP contribution is -2.08. The first-order chi connectivity index (χ1) is 14.0. The molecule has 7 nitrogen and oxygen atoms in total. The molecule has 0 fully saturated rings. The monoisotopic (exact) mass is 407 g/mol. The number of ether oxygens (including phenoxy) is 1. The van der Waals surface area contributed by atoms with Crippen molar-refractivity contribution in [1.82, 2.24) is 24.5 Å². The van der Waals surface area contributed by atoms with Crippen LogP contribution in [0.2, 0.25) is 5.02 Å². The molecule has 0 spiro atoms. The highest BCUT2D eigenvalue weighted by atomic mass is 35.5.